The van der Waals surface area contributed by atoms with Crippen LogP contribution in [0, 0.1) is 18.3 Å². The monoisotopic (exact) mass is 229 g/mol. The average molecular weight is 229 g/mol. The van der Waals surface area contributed by atoms with E-state index in [-0.39, 0.29) is 0 Å². The van der Waals surface area contributed by atoms with Crippen molar-refractivity contribution < 1.29 is 0 Å². The highest BCUT2D eigenvalue weighted by molar-refractivity contribution is 7.11. The van der Waals surface area contributed by atoms with Gasteiger partial charge < -0.3 is 5.32 Å². The minimum atomic E-state index is 0.663. The van der Waals surface area contributed by atoms with Crippen molar-refractivity contribution in [1.29, 1.82) is 5.26 Å². The Kier molecular flexibility index (Phi) is 3.18. The number of rotatable bonds is 3. The first-order valence-corrected chi connectivity index (χ1v) is 5.75. The lowest BCUT2D eigenvalue weighted by molar-refractivity contribution is 1.10. The van der Waals surface area contributed by atoms with Gasteiger partial charge in [0.05, 0.1) is 17.8 Å². The van der Waals surface area contributed by atoms with Gasteiger partial charge in [-0.15, -0.1) is 11.3 Å². The molecule has 1 aromatic heterocycles. The summed E-state index contributed by atoms with van der Waals surface area (Å²) in [6.07, 6.45) is 1.86. The number of thiazole rings is 1. The molecule has 3 nitrogen and oxygen atoms in total. The van der Waals surface area contributed by atoms with Crippen molar-refractivity contribution in [3.05, 3.63) is 45.9 Å². The number of nitrogens with zero attached hydrogens (tertiary/aromatic N) is 2. The van der Waals surface area contributed by atoms with Gasteiger partial charge in [-0.3, -0.25) is 0 Å². The number of nitrogens with one attached hydrogen (secondary N) is 1. The van der Waals surface area contributed by atoms with Gasteiger partial charge in [-0.1, -0.05) is 12.1 Å². The Morgan fingerprint density at radius 1 is 1.44 bits per heavy atom. The van der Waals surface area contributed by atoms with E-state index in [9.17, 15) is 0 Å². The molecule has 0 amide bonds. The van der Waals surface area contributed by atoms with Crippen molar-refractivity contribution in [2.45, 2.75) is 13.5 Å². The third-order valence-corrected chi connectivity index (χ3v) is 3.06. The van der Waals surface area contributed by atoms with Gasteiger partial charge in [0.1, 0.15) is 11.1 Å². The van der Waals surface area contributed by atoms with Crippen molar-refractivity contribution in [3.63, 3.8) is 0 Å². The first-order chi connectivity index (χ1) is 7.79. The van der Waals surface area contributed by atoms with E-state index >= 15 is 0 Å². The zero-order valence-electron chi connectivity index (χ0n) is 8.90. The fourth-order valence-corrected chi connectivity index (χ4v) is 2.12. The second-order valence-electron chi connectivity index (χ2n) is 3.38. The Hall–Kier alpha value is -1.86. The van der Waals surface area contributed by atoms with Gasteiger partial charge in [0.2, 0.25) is 0 Å². The summed E-state index contributed by atoms with van der Waals surface area (Å²) in [4.78, 5) is 5.46. The normalized spacial score (nSPS) is 9.75. The van der Waals surface area contributed by atoms with Gasteiger partial charge in [-0.2, -0.15) is 5.26 Å². The Labute approximate surface area is 98.4 Å². The van der Waals surface area contributed by atoms with Crippen molar-refractivity contribution in [2.75, 3.05) is 5.32 Å². The van der Waals surface area contributed by atoms with Crippen LogP contribution >= 0.6 is 11.3 Å². The van der Waals surface area contributed by atoms with E-state index in [0.717, 1.165) is 10.7 Å². The summed E-state index contributed by atoms with van der Waals surface area (Å²) in [5.41, 5.74) is 1.52. The van der Waals surface area contributed by atoms with E-state index in [1.54, 1.807) is 17.4 Å². The Morgan fingerprint density at radius 2 is 2.25 bits per heavy atom. The second kappa shape index (κ2) is 4.77. The summed E-state index contributed by atoms with van der Waals surface area (Å²) in [6, 6.07) is 9.63. The quantitative estimate of drug-likeness (QED) is 0.880. The maximum atomic E-state index is 8.92. The molecule has 2 rings (SSSR count). The van der Waals surface area contributed by atoms with Crippen molar-refractivity contribution in [1.82, 2.24) is 4.98 Å². The van der Waals surface area contributed by atoms with Crippen LogP contribution in [-0.4, -0.2) is 4.98 Å². The number of nitriles is 1. The third-order valence-electron chi connectivity index (χ3n) is 2.15. The highest BCUT2D eigenvalue weighted by atomic mass is 32.1. The fourth-order valence-electron chi connectivity index (χ4n) is 1.39. The first-order valence-electron chi connectivity index (χ1n) is 4.94. The van der Waals surface area contributed by atoms with Crippen molar-refractivity contribution >= 4 is 17.0 Å². The fraction of sp³-hybridized carbons (Fsp3) is 0.167. The molecule has 2 aromatic rings. The second-order valence-corrected chi connectivity index (χ2v) is 4.69. The van der Waals surface area contributed by atoms with Crippen LogP contribution < -0.4 is 5.32 Å². The maximum Gasteiger partial charge on any atom is 0.112 e. The van der Waals surface area contributed by atoms with Crippen molar-refractivity contribution in [3.8, 4) is 6.07 Å². The van der Waals surface area contributed by atoms with Crippen LogP contribution in [0.25, 0.3) is 0 Å². The zero-order valence-corrected chi connectivity index (χ0v) is 9.71. The van der Waals surface area contributed by atoms with Gasteiger partial charge in [0, 0.05) is 11.1 Å². The molecule has 80 valence electrons. The summed E-state index contributed by atoms with van der Waals surface area (Å²) in [7, 11) is 0. The molecule has 0 unspecified atom stereocenters. The van der Waals surface area contributed by atoms with Crippen LogP contribution in [0.4, 0.5) is 5.69 Å². The molecule has 1 aromatic carbocycles. The minimum Gasteiger partial charge on any atom is -0.377 e. The van der Waals surface area contributed by atoms with Crippen LogP contribution in [-0.2, 0) is 6.54 Å². The smallest absolute Gasteiger partial charge is 0.112 e. The standard InChI is InChI=1S/C12H11N3S/c1-9-7-15-12(16-9)8-14-11-5-3-2-4-10(11)6-13/h2-5,7,14H,8H2,1H3. The van der Waals surface area contributed by atoms with E-state index in [1.165, 1.54) is 4.88 Å². The third kappa shape index (κ3) is 2.38. The number of anilines is 1. The highest BCUT2D eigenvalue weighted by Gasteiger charge is 2.02. The zero-order chi connectivity index (χ0) is 11.4. The summed E-state index contributed by atoms with van der Waals surface area (Å²) >= 11 is 1.66. The van der Waals surface area contributed by atoms with Gasteiger partial charge in [0.15, 0.2) is 0 Å². The number of aromatic nitrogens is 1. The molecule has 0 saturated heterocycles. The lowest BCUT2D eigenvalue weighted by atomic mass is 10.2. The lowest BCUT2D eigenvalue weighted by Crippen LogP contribution is -2.00. The molecule has 1 N–H and O–H groups in total. The Bertz CT molecular complexity index is 525. The molecule has 0 aliphatic carbocycles. The predicted octanol–water partition coefficient (Wildman–Crippen LogP) is 2.94. The molecular weight excluding hydrogens is 218 g/mol. The Morgan fingerprint density at radius 3 is 2.94 bits per heavy atom. The van der Waals surface area contributed by atoms with Gasteiger partial charge >= 0.3 is 0 Å². The molecule has 16 heavy (non-hydrogen) atoms. The molecular formula is C12H11N3S. The molecule has 0 bridgehead atoms. The summed E-state index contributed by atoms with van der Waals surface area (Å²) < 4.78 is 0. The van der Waals surface area contributed by atoms with Crippen LogP contribution in [0.2, 0.25) is 0 Å². The molecule has 0 spiro atoms. The molecule has 1 heterocycles. The van der Waals surface area contributed by atoms with Crippen LogP contribution in [0.1, 0.15) is 15.4 Å². The van der Waals surface area contributed by atoms with Crippen LogP contribution in [0.15, 0.2) is 30.5 Å². The molecule has 0 radical (unpaired) electrons. The lowest BCUT2D eigenvalue weighted by Gasteiger charge is -2.05. The van der Waals surface area contributed by atoms with Gasteiger partial charge in [0.25, 0.3) is 0 Å². The summed E-state index contributed by atoms with van der Waals surface area (Å²) in [5, 5.41) is 13.2. The molecule has 0 atom stereocenters. The predicted molar refractivity (Wildman–Crippen MR) is 65.3 cm³/mol. The average Bonchev–Trinajstić information content (AvgIpc) is 2.73. The number of aryl methyl sites for hydroxylation is 1. The summed E-state index contributed by atoms with van der Waals surface area (Å²) in [5.74, 6) is 0. The van der Waals surface area contributed by atoms with E-state index in [2.05, 4.69) is 16.4 Å². The van der Waals surface area contributed by atoms with E-state index in [4.69, 9.17) is 5.26 Å². The topological polar surface area (TPSA) is 48.7 Å². The van der Waals surface area contributed by atoms with Crippen molar-refractivity contribution in [2.24, 2.45) is 0 Å². The maximum absolute atomic E-state index is 8.92. The number of para-hydroxylation sites is 1. The van der Waals surface area contributed by atoms with E-state index in [0.29, 0.717) is 12.1 Å². The molecule has 0 aliphatic rings. The number of hydrogen-bond donors (Lipinski definition) is 1. The number of benzene rings is 1. The van der Waals surface area contributed by atoms with E-state index in [1.807, 2.05) is 31.3 Å². The highest BCUT2D eigenvalue weighted by Crippen LogP contribution is 2.17. The largest absolute Gasteiger partial charge is 0.377 e. The van der Waals surface area contributed by atoms with Gasteiger partial charge in [-0.05, 0) is 19.1 Å². The molecule has 0 aliphatic heterocycles. The minimum absolute atomic E-state index is 0.663. The Balaban J connectivity index is 2.08. The molecule has 0 saturated carbocycles. The SMILES string of the molecule is Cc1cnc(CNc2ccccc2C#N)s1. The van der Waals surface area contributed by atoms with Crippen LogP contribution in [0.3, 0.4) is 0 Å². The van der Waals surface area contributed by atoms with Crippen LogP contribution in [0.5, 0.6) is 0 Å². The first kappa shape index (κ1) is 10.7. The molecule has 0 fully saturated rings. The van der Waals surface area contributed by atoms with Gasteiger partial charge in [-0.25, -0.2) is 4.98 Å². The summed E-state index contributed by atoms with van der Waals surface area (Å²) in [6.45, 7) is 2.70. The molecule has 4 heteroatoms. The number of hydrogen-bond acceptors (Lipinski definition) is 4. The van der Waals surface area contributed by atoms with E-state index < -0.39 is 0 Å².